The predicted octanol–water partition coefficient (Wildman–Crippen LogP) is 2.81. The van der Waals surface area contributed by atoms with Crippen molar-refractivity contribution in [2.24, 2.45) is 5.92 Å². The molecule has 0 aliphatic carbocycles. The van der Waals surface area contributed by atoms with Crippen LogP contribution in [0, 0.1) is 5.92 Å². The van der Waals surface area contributed by atoms with Crippen molar-refractivity contribution in [1.82, 2.24) is 5.32 Å². The number of benzene rings is 1. The minimum absolute atomic E-state index is 0.617. The molecule has 2 heteroatoms. The third-order valence-corrected chi connectivity index (χ3v) is 3.87. The molecule has 1 N–H and O–H groups in total. The maximum Gasteiger partial charge on any atom is 0.0512 e. The lowest BCUT2D eigenvalue weighted by atomic mass is 9.89. The highest BCUT2D eigenvalue weighted by atomic mass is 16.5. The maximum atomic E-state index is 5.64. The van der Waals surface area contributed by atoms with Crippen molar-refractivity contribution in [2.45, 2.75) is 39.2 Å². The molecule has 0 bridgehead atoms. The lowest BCUT2D eigenvalue weighted by Crippen LogP contribution is -2.43. The van der Waals surface area contributed by atoms with Crippen LogP contribution in [-0.2, 0) is 17.6 Å². The van der Waals surface area contributed by atoms with Crippen LogP contribution in [0.1, 0.15) is 31.4 Å². The molecule has 1 heterocycles. The molecule has 2 rings (SSSR count). The van der Waals surface area contributed by atoms with Gasteiger partial charge < -0.3 is 10.1 Å². The number of nitrogens with one attached hydrogen (secondary N) is 1. The Hall–Kier alpha value is -0.860. The number of aryl methyl sites for hydroxylation is 1. The summed E-state index contributed by atoms with van der Waals surface area (Å²) < 4.78 is 5.64. The van der Waals surface area contributed by atoms with Gasteiger partial charge in [0.15, 0.2) is 0 Å². The van der Waals surface area contributed by atoms with Gasteiger partial charge in [0.1, 0.15) is 0 Å². The van der Waals surface area contributed by atoms with Crippen LogP contribution in [0.5, 0.6) is 0 Å². The minimum Gasteiger partial charge on any atom is -0.381 e. The fourth-order valence-electron chi connectivity index (χ4n) is 2.74. The summed E-state index contributed by atoms with van der Waals surface area (Å²) >= 11 is 0. The van der Waals surface area contributed by atoms with Gasteiger partial charge in [-0.15, -0.1) is 0 Å². The summed E-state index contributed by atoms with van der Waals surface area (Å²) in [7, 11) is 0. The number of hydrogen-bond acceptors (Lipinski definition) is 2. The third kappa shape index (κ3) is 3.56. The predicted molar refractivity (Wildman–Crippen MR) is 75.9 cm³/mol. The molecule has 0 amide bonds. The molecule has 1 fully saturated rings. The summed E-state index contributed by atoms with van der Waals surface area (Å²) in [4.78, 5) is 0. The van der Waals surface area contributed by atoms with E-state index in [0.29, 0.717) is 12.0 Å². The molecule has 1 aliphatic rings. The molecule has 2 nitrogen and oxygen atoms in total. The first-order valence-corrected chi connectivity index (χ1v) is 7.22. The molecule has 0 spiro atoms. The fourth-order valence-corrected chi connectivity index (χ4v) is 2.74. The second-order valence-corrected chi connectivity index (χ2v) is 5.16. The molecular weight excluding hydrogens is 222 g/mol. The van der Waals surface area contributed by atoms with Crippen molar-refractivity contribution in [1.29, 1.82) is 0 Å². The minimum atomic E-state index is 0.617. The lowest BCUT2D eigenvalue weighted by molar-refractivity contribution is 0.0327. The molecule has 1 saturated heterocycles. The van der Waals surface area contributed by atoms with Crippen LogP contribution in [0.25, 0.3) is 0 Å². The fraction of sp³-hybridized carbons (Fsp3) is 0.625. The van der Waals surface area contributed by atoms with Gasteiger partial charge in [-0.25, -0.2) is 0 Å². The standard InChI is InChI=1S/C16H25NO/c1-3-13-5-7-14(8-6-13)11-15-12-18-10-9-16(15)17-4-2/h5-8,15-17H,3-4,9-12H2,1-2H3. The van der Waals surface area contributed by atoms with E-state index >= 15 is 0 Å². The topological polar surface area (TPSA) is 21.3 Å². The zero-order valence-corrected chi connectivity index (χ0v) is 11.6. The highest BCUT2D eigenvalue weighted by molar-refractivity contribution is 5.23. The van der Waals surface area contributed by atoms with Gasteiger partial charge in [-0.2, -0.15) is 0 Å². The van der Waals surface area contributed by atoms with E-state index in [0.717, 1.165) is 39.0 Å². The smallest absolute Gasteiger partial charge is 0.0512 e. The molecule has 18 heavy (non-hydrogen) atoms. The first-order valence-electron chi connectivity index (χ1n) is 7.22. The van der Waals surface area contributed by atoms with Gasteiger partial charge in [-0.3, -0.25) is 0 Å². The molecule has 0 radical (unpaired) electrons. The maximum absolute atomic E-state index is 5.64. The second kappa shape index (κ2) is 6.91. The Morgan fingerprint density at radius 1 is 1.17 bits per heavy atom. The van der Waals surface area contributed by atoms with Crippen LogP contribution in [0.2, 0.25) is 0 Å². The number of ether oxygens (including phenoxy) is 1. The molecule has 1 aromatic carbocycles. The van der Waals surface area contributed by atoms with Gasteiger partial charge in [-0.05, 0) is 36.9 Å². The highest BCUT2D eigenvalue weighted by Crippen LogP contribution is 2.20. The van der Waals surface area contributed by atoms with Crippen LogP contribution < -0.4 is 5.32 Å². The van der Waals surface area contributed by atoms with Crippen molar-refractivity contribution < 1.29 is 4.74 Å². The third-order valence-electron chi connectivity index (χ3n) is 3.87. The van der Waals surface area contributed by atoms with Crippen molar-refractivity contribution >= 4 is 0 Å². The normalized spacial score (nSPS) is 24.1. The average Bonchev–Trinajstić information content (AvgIpc) is 2.42. The molecule has 2 unspecified atom stereocenters. The van der Waals surface area contributed by atoms with Crippen molar-refractivity contribution in [2.75, 3.05) is 19.8 Å². The Labute approximate surface area is 111 Å². The summed E-state index contributed by atoms with van der Waals surface area (Å²) in [5, 5.41) is 3.60. The highest BCUT2D eigenvalue weighted by Gasteiger charge is 2.24. The number of hydrogen-bond donors (Lipinski definition) is 1. The Kier molecular flexibility index (Phi) is 5.21. The van der Waals surface area contributed by atoms with Crippen LogP contribution >= 0.6 is 0 Å². The Bertz CT molecular complexity index is 345. The molecule has 1 aromatic rings. The van der Waals surface area contributed by atoms with E-state index < -0.39 is 0 Å². The largest absolute Gasteiger partial charge is 0.381 e. The monoisotopic (exact) mass is 247 g/mol. The van der Waals surface area contributed by atoms with E-state index in [2.05, 4.69) is 43.4 Å². The van der Waals surface area contributed by atoms with Gasteiger partial charge in [-0.1, -0.05) is 38.1 Å². The average molecular weight is 247 g/mol. The number of rotatable bonds is 5. The quantitative estimate of drug-likeness (QED) is 0.864. The van der Waals surface area contributed by atoms with E-state index in [4.69, 9.17) is 4.74 Å². The Balaban J connectivity index is 1.96. The Morgan fingerprint density at radius 2 is 1.89 bits per heavy atom. The Morgan fingerprint density at radius 3 is 2.56 bits per heavy atom. The summed E-state index contributed by atoms with van der Waals surface area (Å²) in [6.07, 6.45) is 3.39. The van der Waals surface area contributed by atoms with Gasteiger partial charge in [0.25, 0.3) is 0 Å². The first-order chi connectivity index (χ1) is 8.83. The summed E-state index contributed by atoms with van der Waals surface area (Å²) in [5.41, 5.74) is 2.85. The SMILES string of the molecule is CCNC1CCOCC1Cc1ccc(CC)cc1. The van der Waals surface area contributed by atoms with Gasteiger partial charge >= 0.3 is 0 Å². The summed E-state index contributed by atoms with van der Waals surface area (Å²) in [6, 6.07) is 9.67. The molecular formula is C16H25NO. The first kappa shape index (κ1) is 13.6. The van der Waals surface area contributed by atoms with Crippen LogP contribution in [-0.4, -0.2) is 25.8 Å². The van der Waals surface area contributed by atoms with Crippen molar-refractivity contribution in [3.63, 3.8) is 0 Å². The van der Waals surface area contributed by atoms with E-state index in [1.165, 1.54) is 11.1 Å². The molecule has 100 valence electrons. The summed E-state index contributed by atoms with van der Waals surface area (Å²) in [6.45, 7) is 7.24. The molecule has 0 saturated carbocycles. The van der Waals surface area contributed by atoms with Crippen LogP contribution in [0.3, 0.4) is 0 Å². The van der Waals surface area contributed by atoms with E-state index in [-0.39, 0.29) is 0 Å². The molecule has 2 atom stereocenters. The van der Waals surface area contributed by atoms with Crippen molar-refractivity contribution in [3.8, 4) is 0 Å². The van der Waals surface area contributed by atoms with Gasteiger partial charge in [0.2, 0.25) is 0 Å². The second-order valence-electron chi connectivity index (χ2n) is 5.16. The van der Waals surface area contributed by atoms with Crippen LogP contribution in [0.4, 0.5) is 0 Å². The van der Waals surface area contributed by atoms with E-state index in [1.54, 1.807) is 0 Å². The summed E-state index contributed by atoms with van der Waals surface area (Å²) in [5.74, 6) is 0.617. The zero-order chi connectivity index (χ0) is 12.8. The zero-order valence-electron chi connectivity index (χ0n) is 11.6. The molecule has 1 aliphatic heterocycles. The lowest BCUT2D eigenvalue weighted by Gasteiger charge is -2.32. The van der Waals surface area contributed by atoms with Gasteiger partial charge in [0.05, 0.1) is 6.61 Å². The van der Waals surface area contributed by atoms with E-state index in [1.807, 2.05) is 0 Å². The van der Waals surface area contributed by atoms with Crippen LogP contribution in [0.15, 0.2) is 24.3 Å². The molecule has 0 aromatic heterocycles. The van der Waals surface area contributed by atoms with Crippen molar-refractivity contribution in [3.05, 3.63) is 35.4 Å². The van der Waals surface area contributed by atoms with Gasteiger partial charge in [0, 0.05) is 18.6 Å². The van der Waals surface area contributed by atoms with E-state index in [9.17, 15) is 0 Å².